The Hall–Kier alpha value is -2.06. The molecule has 8 heteroatoms. The van der Waals surface area contributed by atoms with Gasteiger partial charge >= 0.3 is 12.1 Å². The Morgan fingerprint density at radius 2 is 1.81 bits per heavy atom. The highest BCUT2D eigenvalue weighted by atomic mass is 79.9. The van der Waals surface area contributed by atoms with Crippen LogP contribution in [0.5, 0.6) is 0 Å². The lowest BCUT2D eigenvalue weighted by Crippen LogP contribution is -2.13. The molecule has 0 fully saturated rings. The molecule has 2 aromatic rings. The van der Waals surface area contributed by atoms with Crippen molar-refractivity contribution in [3.63, 3.8) is 0 Å². The molecule has 0 heterocycles. The van der Waals surface area contributed by atoms with Gasteiger partial charge in [-0.05, 0) is 30.3 Å². The first kappa shape index (κ1) is 20.3. The number of hydrogen-bond donors (Lipinski definition) is 1. The van der Waals surface area contributed by atoms with Gasteiger partial charge in [-0.15, -0.1) is 0 Å². The summed E-state index contributed by atoms with van der Waals surface area (Å²) in [5.74, 6) is -0.581. The molecular formula is C18H17BrF3NO3. The predicted octanol–water partition coefficient (Wildman–Crippen LogP) is 5.02. The maximum Gasteiger partial charge on any atom is 0.416 e. The van der Waals surface area contributed by atoms with E-state index in [0.717, 1.165) is 12.1 Å². The van der Waals surface area contributed by atoms with E-state index in [1.165, 1.54) is 18.2 Å². The summed E-state index contributed by atoms with van der Waals surface area (Å²) in [4.78, 5) is 12.2. The van der Waals surface area contributed by atoms with Gasteiger partial charge in [0.15, 0.2) is 0 Å². The van der Waals surface area contributed by atoms with Crippen LogP contribution >= 0.6 is 15.9 Å². The summed E-state index contributed by atoms with van der Waals surface area (Å²) in [6.07, 6.45) is -4.44. The summed E-state index contributed by atoms with van der Waals surface area (Å²) in [5, 5.41) is 3.52. The van der Waals surface area contributed by atoms with Gasteiger partial charge in [0.05, 0.1) is 30.0 Å². The number of halogens is 4. The third-order valence-corrected chi connectivity index (χ3v) is 3.62. The predicted molar refractivity (Wildman–Crippen MR) is 96.1 cm³/mol. The summed E-state index contributed by atoms with van der Waals surface area (Å²) in [7, 11) is 0. The maximum atomic E-state index is 12.8. The third-order valence-electron chi connectivity index (χ3n) is 3.30. The largest absolute Gasteiger partial charge is 0.460 e. The van der Waals surface area contributed by atoms with Crippen LogP contribution in [-0.4, -0.2) is 31.1 Å². The van der Waals surface area contributed by atoms with E-state index in [4.69, 9.17) is 9.47 Å². The Labute approximate surface area is 157 Å². The molecule has 0 saturated carbocycles. The Morgan fingerprint density at radius 3 is 2.54 bits per heavy atom. The Balaban J connectivity index is 2.08. The van der Waals surface area contributed by atoms with Crippen molar-refractivity contribution >= 4 is 33.3 Å². The molecular weight excluding hydrogens is 415 g/mol. The summed E-state index contributed by atoms with van der Waals surface area (Å²) < 4.78 is 48.8. The second-order valence-electron chi connectivity index (χ2n) is 5.19. The molecule has 2 rings (SSSR count). The molecule has 0 saturated heterocycles. The fraction of sp³-hybridized carbons (Fsp3) is 0.278. The van der Waals surface area contributed by atoms with Crippen molar-refractivity contribution in [3.05, 3.63) is 59.7 Å². The zero-order chi connectivity index (χ0) is 19.0. The van der Waals surface area contributed by atoms with Crippen LogP contribution in [0.2, 0.25) is 0 Å². The van der Waals surface area contributed by atoms with E-state index in [-0.39, 0.29) is 24.5 Å². The molecule has 0 aliphatic heterocycles. The molecule has 0 spiro atoms. The van der Waals surface area contributed by atoms with Gasteiger partial charge in [-0.2, -0.15) is 13.2 Å². The third kappa shape index (κ3) is 6.03. The van der Waals surface area contributed by atoms with E-state index in [0.29, 0.717) is 17.6 Å². The van der Waals surface area contributed by atoms with E-state index in [9.17, 15) is 18.0 Å². The van der Waals surface area contributed by atoms with Crippen LogP contribution in [0.15, 0.2) is 48.5 Å². The number of rotatable bonds is 8. The lowest BCUT2D eigenvalue weighted by molar-refractivity contribution is -0.137. The summed E-state index contributed by atoms with van der Waals surface area (Å²) in [6.45, 7) is 0.857. The summed E-state index contributed by atoms with van der Waals surface area (Å²) in [6, 6.07) is 11.2. The van der Waals surface area contributed by atoms with Crippen LogP contribution in [0.25, 0.3) is 0 Å². The van der Waals surface area contributed by atoms with Gasteiger partial charge in [0, 0.05) is 11.0 Å². The van der Waals surface area contributed by atoms with Gasteiger partial charge in [-0.3, -0.25) is 0 Å². The molecule has 140 valence electrons. The minimum absolute atomic E-state index is 0.0870. The van der Waals surface area contributed by atoms with E-state index in [1.807, 2.05) is 0 Å². The zero-order valence-corrected chi connectivity index (χ0v) is 15.3. The van der Waals surface area contributed by atoms with Crippen LogP contribution in [-0.2, 0) is 15.7 Å². The first-order valence-electron chi connectivity index (χ1n) is 7.76. The number of benzene rings is 2. The van der Waals surface area contributed by atoms with E-state index < -0.39 is 17.7 Å². The smallest absolute Gasteiger partial charge is 0.416 e. The monoisotopic (exact) mass is 431 g/mol. The molecule has 0 amide bonds. The van der Waals surface area contributed by atoms with Crippen LogP contribution < -0.4 is 5.32 Å². The summed E-state index contributed by atoms with van der Waals surface area (Å²) in [5.41, 5.74) is 0.0378. The molecule has 0 aliphatic rings. The van der Waals surface area contributed by atoms with E-state index >= 15 is 0 Å². The van der Waals surface area contributed by atoms with Crippen molar-refractivity contribution in [1.29, 1.82) is 0 Å². The average Bonchev–Trinajstić information content (AvgIpc) is 2.61. The number of carbonyl (C=O) groups is 1. The molecule has 0 aliphatic carbocycles. The summed E-state index contributed by atoms with van der Waals surface area (Å²) >= 11 is 3.21. The molecule has 4 nitrogen and oxygen atoms in total. The SMILES string of the molecule is O=C(OCCOCCBr)c1ccccc1Nc1cccc(C(F)(F)F)c1. The fourth-order valence-corrected chi connectivity index (χ4v) is 2.36. The average molecular weight is 432 g/mol. The second-order valence-corrected chi connectivity index (χ2v) is 5.98. The Bertz CT molecular complexity index is 738. The van der Waals surface area contributed by atoms with Crippen LogP contribution in [0, 0.1) is 0 Å². The number of ether oxygens (including phenoxy) is 2. The van der Waals surface area contributed by atoms with Crippen molar-refractivity contribution in [2.75, 3.05) is 30.5 Å². The Morgan fingerprint density at radius 1 is 1.04 bits per heavy atom. The molecule has 0 bridgehead atoms. The minimum atomic E-state index is -4.44. The maximum absolute atomic E-state index is 12.8. The highest BCUT2D eigenvalue weighted by Crippen LogP contribution is 2.31. The van der Waals surface area contributed by atoms with Crippen LogP contribution in [0.4, 0.5) is 24.5 Å². The van der Waals surface area contributed by atoms with Gasteiger partial charge in [0.1, 0.15) is 6.61 Å². The van der Waals surface area contributed by atoms with Crippen LogP contribution in [0.1, 0.15) is 15.9 Å². The van der Waals surface area contributed by atoms with Crippen molar-refractivity contribution < 1.29 is 27.4 Å². The molecule has 0 unspecified atom stereocenters. The van der Waals surface area contributed by atoms with E-state index in [1.54, 1.807) is 18.2 Å². The molecule has 0 atom stereocenters. The number of esters is 1. The van der Waals surface area contributed by atoms with Crippen molar-refractivity contribution in [1.82, 2.24) is 0 Å². The number of alkyl halides is 4. The van der Waals surface area contributed by atoms with Gasteiger partial charge in [0.25, 0.3) is 0 Å². The molecule has 1 N–H and O–H groups in total. The Kier molecular flexibility index (Phi) is 7.47. The molecule has 2 aromatic carbocycles. The number of para-hydroxylation sites is 1. The van der Waals surface area contributed by atoms with Gasteiger partial charge in [-0.1, -0.05) is 34.1 Å². The lowest BCUT2D eigenvalue weighted by atomic mass is 10.1. The first-order chi connectivity index (χ1) is 12.4. The fourth-order valence-electron chi connectivity index (χ4n) is 2.13. The molecule has 0 radical (unpaired) electrons. The van der Waals surface area contributed by atoms with Crippen LogP contribution in [0.3, 0.4) is 0 Å². The molecule has 0 aromatic heterocycles. The number of nitrogens with one attached hydrogen (secondary N) is 1. The topological polar surface area (TPSA) is 47.6 Å². The normalized spacial score (nSPS) is 11.2. The number of anilines is 2. The molecule has 26 heavy (non-hydrogen) atoms. The number of hydrogen-bond acceptors (Lipinski definition) is 4. The number of carbonyl (C=O) groups excluding carboxylic acids is 1. The van der Waals surface area contributed by atoms with Crippen molar-refractivity contribution in [2.45, 2.75) is 6.18 Å². The quantitative estimate of drug-likeness (QED) is 0.362. The standard InChI is InChI=1S/C18H17BrF3NO3/c19-8-9-25-10-11-26-17(24)15-6-1-2-7-16(15)23-14-5-3-4-13(12-14)18(20,21)22/h1-7,12,23H,8-11H2. The van der Waals surface area contributed by atoms with Crippen molar-refractivity contribution in [2.24, 2.45) is 0 Å². The second kappa shape index (κ2) is 9.59. The van der Waals surface area contributed by atoms with E-state index in [2.05, 4.69) is 21.2 Å². The van der Waals surface area contributed by atoms with Gasteiger partial charge in [0.2, 0.25) is 0 Å². The lowest BCUT2D eigenvalue weighted by Gasteiger charge is -2.13. The van der Waals surface area contributed by atoms with Gasteiger partial charge < -0.3 is 14.8 Å². The first-order valence-corrected chi connectivity index (χ1v) is 8.88. The van der Waals surface area contributed by atoms with Gasteiger partial charge in [-0.25, -0.2) is 4.79 Å². The highest BCUT2D eigenvalue weighted by Gasteiger charge is 2.30. The van der Waals surface area contributed by atoms with Crippen molar-refractivity contribution in [3.8, 4) is 0 Å². The minimum Gasteiger partial charge on any atom is -0.460 e. The zero-order valence-electron chi connectivity index (χ0n) is 13.7. The highest BCUT2D eigenvalue weighted by molar-refractivity contribution is 9.09.